The van der Waals surface area contributed by atoms with Gasteiger partial charge >= 0.3 is 0 Å². The van der Waals surface area contributed by atoms with Gasteiger partial charge in [-0.25, -0.2) is 4.98 Å². The number of aryl methyl sites for hydroxylation is 1. The van der Waals surface area contributed by atoms with Gasteiger partial charge in [-0.15, -0.1) is 0 Å². The van der Waals surface area contributed by atoms with Crippen LogP contribution in [-0.2, 0) is 0 Å². The molecular formula is C17H20N4. The van der Waals surface area contributed by atoms with E-state index in [1.807, 2.05) is 37.3 Å². The van der Waals surface area contributed by atoms with Crippen LogP contribution in [0, 0.1) is 18.3 Å². The highest BCUT2D eigenvalue weighted by atomic mass is 15.2. The van der Waals surface area contributed by atoms with Crippen molar-refractivity contribution in [2.24, 2.45) is 0 Å². The molecule has 1 aliphatic heterocycles. The van der Waals surface area contributed by atoms with Crippen molar-refractivity contribution in [3.63, 3.8) is 0 Å². The third-order valence-corrected chi connectivity index (χ3v) is 4.11. The van der Waals surface area contributed by atoms with Gasteiger partial charge in [0.1, 0.15) is 11.9 Å². The van der Waals surface area contributed by atoms with Crippen LogP contribution < -0.4 is 0 Å². The van der Waals surface area contributed by atoms with Crippen LogP contribution >= 0.6 is 0 Å². The fourth-order valence-corrected chi connectivity index (χ4v) is 2.97. The molecule has 1 aromatic heterocycles. The molecule has 2 aromatic rings. The summed E-state index contributed by atoms with van der Waals surface area (Å²) in [6.45, 7) is 3.99. The van der Waals surface area contributed by atoms with Crippen molar-refractivity contribution in [2.75, 3.05) is 13.1 Å². The minimum atomic E-state index is -0.237. The van der Waals surface area contributed by atoms with Crippen LogP contribution in [0.1, 0.15) is 36.7 Å². The maximum Gasteiger partial charge on any atom is 0.142 e. The molecule has 1 unspecified atom stereocenters. The van der Waals surface area contributed by atoms with Gasteiger partial charge in [-0.1, -0.05) is 36.8 Å². The molecule has 1 atom stereocenters. The Labute approximate surface area is 125 Å². The van der Waals surface area contributed by atoms with Crippen LogP contribution in [-0.4, -0.2) is 28.0 Å². The van der Waals surface area contributed by atoms with Crippen molar-refractivity contribution in [2.45, 2.75) is 32.2 Å². The van der Waals surface area contributed by atoms with Gasteiger partial charge in [0, 0.05) is 11.3 Å². The predicted octanol–water partition coefficient (Wildman–Crippen LogP) is 3.44. The van der Waals surface area contributed by atoms with Crippen molar-refractivity contribution in [3.8, 4) is 17.5 Å². The number of nitrogens with zero attached hydrogens (tertiary/aromatic N) is 3. The maximum absolute atomic E-state index is 9.59. The smallest absolute Gasteiger partial charge is 0.142 e. The molecule has 0 bridgehead atoms. The Hall–Kier alpha value is -2.12. The van der Waals surface area contributed by atoms with E-state index in [1.54, 1.807) is 0 Å². The van der Waals surface area contributed by atoms with E-state index in [0.29, 0.717) is 0 Å². The highest BCUT2D eigenvalue weighted by Crippen LogP contribution is 2.27. The number of likely N-dealkylation sites (tertiary alicyclic amines) is 1. The fraction of sp³-hybridized carbons (Fsp3) is 0.412. The molecule has 1 fully saturated rings. The molecule has 0 saturated carbocycles. The van der Waals surface area contributed by atoms with Crippen molar-refractivity contribution in [1.82, 2.24) is 14.9 Å². The Bertz CT molecular complexity index is 633. The quantitative estimate of drug-likeness (QED) is 0.937. The lowest BCUT2D eigenvalue weighted by molar-refractivity contribution is 0.193. The topological polar surface area (TPSA) is 55.7 Å². The predicted molar refractivity (Wildman–Crippen MR) is 82.5 cm³/mol. The minimum absolute atomic E-state index is 0.237. The average Bonchev–Trinajstić information content (AvgIpc) is 2.92. The zero-order valence-electron chi connectivity index (χ0n) is 12.3. The molecule has 3 rings (SSSR count). The summed E-state index contributed by atoms with van der Waals surface area (Å²) in [5.74, 6) is 0.848. The van der Waals surface area contributed by atoms with Crippen LogP contribution in [0.3, 0.4) is 0 Å². The van der Waals surface area contributed by atoms with Crippen LogP contribution in [0.5, 0.6) is 0 Å². The molecule has 0 amide bonds. The monoisotopic (exact) mass is 280 g/mol. The summed E-state index contributed by atoms with van der Waals surface area (Å²) >= 11 is 0. The zero-order chi connectivity index (χ0) is 14.7. The number of H-pyrrole nitrogens is 1. The van der Waals surface area contributed by atoms with Crippen molar-refractivity contribution >= 4 is 0 Å². The molecule has 1 N–H and O–H groups in total. The van der Waals surface area contributed by atoms with Crippen molar-refractivity contribution < 1.29 is 0 Å². The third-order valence-electron chi connectivity index (χ3n) is 4.11. The molecule has 1 saturated heterocycles. The Kier molecular flexibility index (Phi) is 4.03. The molecule has 4 heteroatoms. The highest BCUT2D eigenvalue weighted by Gasteiger charge is 2.26. The summed E-state index contributed by atoms with van der Waals surface area (Å²) in [4.78, 5) is 10.3. The van der Waals surface area contributed by atoms with E-state index >= 15 is 0 Å². The Morgan fingerprint density at radius 3 is 2.57 bits per heavy atom. The third kappa shape index (κ3) is 2.84. The van der Waals surface area contributed by atoms with Gasteiger partial charge in [0.25, 0.3) is 0 Å². The normalized spacial score (nSPS) is 17.3. The van der Waals surface area contributed by atoms with Crippen molar-refractivity contribution in [1.29, 1.82) is 5.26 Å². The van der Waals surface area contributed by atoms with E-state index in [0.717, 1.165) is 35.9 Å². The van der Waals surface area contributed by atoms with Gasteiger partial charge < -0.3 is 4.98 Å². The van der Waals surface area contributed by atoms with E-state index in [2.05, 4.69) is 16.0 Å². The standard InChI is InChI=1S/C17H20N4/c1-13-16(15(12-18)21-10-6-3-7-11-21)20-17(19-13)14-8-4-2-5-9-14/h2,4-5,8-9,15H,3,6-7,10-11H2,1H3,(H,19,20). The Morgan fingerprint density at radius 2 is 1.90 bits per heavy atom. The SMILES string of the molecule is Cc1[nH]c(-c2ccccc2)nc1C(C#N)N1CCCCC1. The van der Waals surface area contributed by atoms with Crippen LogP contribution in [0.25, 0.3) is 11.4 Å². The number of imidazole rings is 1. The summed E-state index contributed by atoms with van der Waals surface area (Å²) in [6.07, 6.45) is 3.61. The first-order chi connectivity index (χ1) is 10.3. The lowest BCUT2D eigenvalue weighted by atomic mass is 10.1. The second-order valence-corrected chi connectivity index (χ2v) is 5.59. The van der Waals surface area contributed by atoms with E-state index in [4.69, 9.17) is 4.98 Å². The molecule has 2 heterocycles. The summed E-state index contributed by atoms with van der Waals surface area (Å²) < 4.78 is 0. The summed E-state index contributed by atoms with van der Waals surface area (Å²) in [5.41, 5.74) is 2.92. The van der Waals surface area contributed by atoms with Gasteiger partial charge in [0.2, 0.25) is 0 Å². The molecule has 1 aromatic carbocycles. The molecular weight excluding hydrogens is 260 g/mol. The van der Waals surface area contributed by atoms with E-state index in [-0.39, 0.29) is 6.04 Å². The van der Waals surface area contributed by atoms with Gasteiger partial charge in [-0.2, -0.15) is 5.26 Å². The van der Waals surface area contributed by atoms with E-state index < -0.39 is 0 Å². The molecule has 108 valence electrons. The molecule has 0 spiro atoms. The zero-order valence-corrected chi connectivity index (χ0v) is 12.3. The maximum atomic E-state index is 9.59. The number of hydrogen-bond acceptors (Lipinski definition) is 3. The Balaban J connectivity index is 1.91. The van der Waals surface area contributed by atoms with Gasteiger partial charge in [-0.3, -0.25) is 4.90 Å². The average molecular weight is 280 g/mol. The summed E-state index contributed by atoms with van der Waals surface area (Å²) in [5, 5.41) is 9.59. The number of aromatic nitrogens is 2. The number of benzene rings is 1. The molecule has 4 nitrogen and oxygen atoms in total. The number of nitrogens with one attached hydrogen (secondary N) is 1. The molecule has 1 aliphatic rings. The van der Waals surface area contributed by atoms with E-state index in [1.165, 1.54) is 19.3 Å². The first-order valence-electron chi connectivity index (χ1n) is 7.55. The van der Waals surface area contributed by atoms with Gasteiger partial charge in [0.15, 0.2) is 0 Å². The van der Waals surface area contributed by atoms with Crippen LogP contribution in [0.2, 0.25) is 0 Å². The van der Waals surface area contributed by atoms with E-state index in [9.17, 15) is 5.26 Å². The minimum Gasteiger partial charge on any atom is -0.342 e. The van der Waals surface area contributed by atoms with Crippen molar-refractivity contribution in [3.05, 3.63) is 41.7 Å². The Morgan fingerprint density at radius 1 is 1.19 bits per heavy atom. The molecule has 0 radical (unpaired) electrons. The highest BCUT2D eigenvalue weighted by molar-refractivity contribution is 5.56. The molecule has 0 aliphatic carbocycles. The summed E-state index contributed by atoms with van der Waals surface area (Å²) in [7, 11) is 0. The first kappa shape index (κ1) is 13.8. The fourth-order valence-electron chi connectivity index (χ4n) is 2.97. The largest absolute Gasteiger partial charge is 0.342 e. The lowest BCUT2D eigenvalue weighted by Crippen LogP contribution is -2.33. The number of aromatic amines is 1. The lowest BCUT2D eigenvalue weighted by Gasteiger charge is -2.29. The number of piperidine rings is 1. The molecule has 21 heavy (non-hydrogen) atoms. The summed E-state index contributed by atoms with van der Waals surface area (Å²) in [6, 6.07) is 12.3. The van der Waals surface area contributed by atoms with Crippen LogP contribution in [0.4, 0.5) is 0 Å². The second-order valence-electron chi connectivity index (χ2n) is 5.59. The van der Waals surface area contributed by atoms with Gasteiger partial charge in [-0.05, 0) is 32.9 Å². The number of nitriles is 1. The van der Waals surface area contributed by atoms with Gasteiger partial charge in [0.05, 0.1) is 11.8 Å². The van der Waals surface area contributed by atoms with Crippen LogP contribution in [0.15, 0.2) is 30.3 Å². The first-order valence-corrected chi connectivity index (χ1v) is 7.55. The second kappa shape index (κ2) is 6.11. The number of hydrogen-bond donors (Lipinski definition) is 1. The number of rotatable bonds is 3.